The lowest BCUT2D eigenvalue weighted by Gasteiger charge is -2.43. The summed E-state index contributed by atoms with van der Waals surface area (Å²) in [6.45, 7) is 8.99. The van der Waals surface area contributed by atoms with E-state index in [1.54, 1.807) is 16.6 Å². The molecule has 0 saturated carbocycles. The van der Waals surface area contributed by atoms with E-state index in [0.29, 0.717) is 17.8 Å². The number of hydrogen-bond donors (Lipinski definition) is 1. The van der Waals surface area contributed by atoms with Crippen LogP contribution in [0.3, 0.4) is 0 Å². The fraction of sp³-hybridized carbons (Fsp3) is 0.379. The fourth-order valence-electron chi connectivity index (χ4n) is 5.67. The minimum absolute atomic E-state index is 0.193. The van der Waals surface area contributed by atoms with Crippen molar-refractivity contribution >= 4 is 41.6 Å². The molecule has 0 spiro atoms. The predicted molar refractivity (Wildman–Crippen MR) is 155 cm³/mol. The number of nitrogens with zero attached hydrogens (tertiary/aromatic N) is 5. The number of anilines is 1. The first-order chi connectivity index (χ1) is 19.1. The Hall–Kier alpha value is -3.64. The van der Waals surface area contributed by atoms with Gasteiger partial charge >= 0.3 is 5.97 Å². The molecule has 3 heterocycles. The summed E-state index contributed by atoms with van der Waals surface area (Å²) in [5, 5.41) is 3.85. The van der Waals surface area contributed by atoms with E-state index in [4.69, 9.17) is 19.7 Å². The van der Waals surface area contributed by atoms with Crippen molar-refractivity contribution in [1.82, 2.24) is 24.6 Å². The van der Waals surface area contributed by atoms with Crippen LogP contribution in [0.2, 0.25) is 5.04 Å². The molecule has 2 atom stereocenters. The minimum atomic E-state index is -2.81. The van der Waals surface area contributed by atoms with Crippen LogP contribution in [0.25, 0.3) is 11.2 Å². The molecular weight excluding hydrogens is 524 g/mol. The zero-order chi connectivity index (χ0) is 28.5. The molecule has 11 heteroatoms. The van der Waals surface area contributed by atoms with E-state index >= 15 is 0 Å². The predicted octanol–water partition coefficient (Wildman–Crippen LogP) is 2.84. The molecule has 4 aromatic rings. The largest absolute Gasteiger partial charge is 0.462 e. The molecule has 0 bridgehead atoms. The summed E-state index contributed by atoms with van der Waals surface area (Å²) in [5.41, 5.74) is 5.29. The third-order valence-electron chi connectivity index (χ3n) is 7.58. The zero-order valence-corrected chi connectivity index (χ0v) is 24.6. The Kier molecular flexibility index (Phi) is 7.49. The number of hydrogen-bond acceptors (Lipinski definition) is 9. The maximum atomic E-state index is 13.6. The summed E-state index contributed by atoms with van der Waals surface area (Å²) in [4.78, 5) is 32.7. The highest BCUT2D eigenvalue weighted by Crippen LogP contribution is 2.41. The number of nitrogen functional groups attached to an aromatic ring is 1. The van der Waals surface area contributed by atoms with Crippen LogP contribution in [-0.2, 0) is 24.5 Å². The van der Waals surface area contributed by atoms with Crippen molar-refractivity contribution in [2.45, 2.75) is 50.9 Å². The van der Waals surface area contributed by atoms with E-state index in [1.807, 2.05) is 19.2 Å². The molecule has 2 aromatic carbocycles. The Morgan fingerprint density at radius 3 is 2.27 bits per heavy atom. The molecule has 1 aliphatic rings. The number of ether oxygens (including phenoxy) is 1. The van der Waals surface area contributed by atoms with Gasteiger partial charge in [0, 0.05) is 13.5 Å². The second-order valence-corrected chi connectivity index (χ2v) is 15.3. The molecule has 2 N–H and O–H groups in total. The Bertz CT molecular complexity index is 1440. The molecule has 1 aliphatic heterocycles. The number of fused-ring (bicyclic) bond motifs is 1. The van der Waals surface area contributed by atoms with Gasteiger partial charge in [0.05, 0.1) is 19.3 Å². The Morgan fingerprint density at radius 2 is 1.70 bits per heavy atom. The molecule has 1 saturated heterocycles. The van der Waals surface area contributed by atoms with E-state index in [0.717, 1.165) is 0 Å². The van der Waals surface area contributed by atoms with Gasteiger partial charge in [-0.2, -0.15) is 5.06 Å². The average molecular weight is 561 g/mol. The van der Waals surface area contributed by atoms with Crippen LogP contribution < -0.4 is 16.1 Å². The van der Waals surface area contributed by atoms with Crippen LogP contribution in [0.4, 0.5) is 5.82 Å². The summed E-state index contributed by atoms with van der Waals surface area (Å²) in [6.07, 6.45) is 3.11. The first-order valence-corrected chi connectivity index (χ1v) is 15.3. The van der Waals surface area contributed by atoms with Crippen LogP contribution in [0.1, 0.15) is 34.1 Å². The second kappa shape index (κ2) is 10.7. The average Bonchev–Trinajstić information content (AvgIpc) is 3.52. The maximum absolute atomic E-state index is 13.6. The summed E-state index contributed by atoms with van der Waals surface area (Å²) in [7, 11) is -0.999. The van der Waals surface area contributed by atoms with Gasteiger partial charge in [0.15, 0.2) is 11.5 Å². The first kappa shape index (κ1) is 27.9. The van der Waals surface area contributed by atoms with Gasteiger partial charge in [0.1, 0.15) is 18.2 Å². The van der Waals surface area contributed by atoms with Gasteiger partial charge in [0.2, 0.25) is 0 Å². The van der Waals surface area contributed by atoms with Gasteiger partial charge in [-0.25, -0.2) is 19.7 Å². The van der Waals surface area contributed by atoms with Crippen molar-refractivity contribution in [1.29, 1.82) is 0 Å². The van der Waals surface area contributed by atoms with Gasteiger partial charge in [-0.3, -0.25) is 9.40 Å². The van der Waals surface area contributed by atoms with Crippen LogP contribution in [0.15, 0.2) is 73.3 Å². The SMILES string of the molecule is CCOC(=O)[C@@]1(n2cnc3c(N)ncnc32)C[C@H](CO[Si](c2ccccc2)(c2ccccc2)C(C)(C)C)N(C)O1. The first-order valence-electron chi connectivity index (χ1n) is 13.4. The number of nitrogens with two attached hydrogens (primary N) is 1. The number of likely N-dealkylation sites (N-methyl/N-ethyl adjacent to an activating group) is 1. The van der Waals surface area contributed by atoms with Gasteiger partial charge in [-0.05, 0) is 22.3 Å². The molecule has 0 unspecified atom stereocenters. The standard InChI is InChI=1S/C29H36N6O4Si/c1-6-37-27(36)29(35-20-33-24-25(30)31-19-32-26(24)35)17-21(34(5)39-29)18-38-40(28(2,3)4,22-13-9-7-10-14-22)23-15-11-8-12-16-23/h7-16,19-21H,6,17-18H2,1-5H3,(H2,30,31,32)/t21-,29-/m1/s1. The summed E-state index contributed by atoms with van der Waals surface area (Å²) in [5.74, 6) is -0.313. The molecule has 0 amide bonds. The smallest absolute Gasteiger partial charge is 0.362 e. The monoisotopic (exact) mass is 560 g/mol. The number of carbonyl (C=O) groups is 1. The van der Waals surface area contributed by atoms with E-state index in [9.17, 15) is 4.79 Å². The van der Waals surface area contributed by atoms with Crippen molar-refractivity contribution in [2.24, 2.45) is 0 Å². The molecule has 210 valence electrons. The maximum Gasteiger partial charge on any atom is 0.362 e. The van der Waals surface area contributed by atoms with Crippen LogP contribution >= 0.6 is 0 Å². The van der Waals surface area contributed by atoms with Gasteiger partial charge < -0.3 is 14.9 Å². The second-order valence-electron chi connectivity index (χ2n) is 11.0. The lowest BCUT2D eigenvalue weighted by atomic mass is 10.1. The number of carbonyl (C=O) groups excluding carboxylic acids is 1. The van der Waals surface area contributed by atoms with Crippen molar-refractivity contribution in [3.05, 3.63) is 73.3 Å². The lowest BCUT2D eigenvalue weighted by Crippen LogP contribution is -2.67. The van der Waals surface area contributed by atoms with Crippen molar-refractivity contribution in [3.8, 4) is 0 Å². The van der Waals surface area contributed by atoms with E-state index in [2.05, 4.69) is 84.3 Å². The molecule has 40 heavy (non-hydrogen) atoms. The number of esters is 1. The molecule has 5 rings (SSSR count). The molecule has 10 nitrogen and oxygen atoms in total. The number of rotatable bonds is 8. The highest BCUT2D eigenvalue weighted by Gasteiger charge is 2.56. The van der Waals surface area contributed by atoms with E-state index < -0.39 is 20.0 Å². The molecule has 0 aliphatic carbocycles. The Morgan fingerprint density at radius 1 is 1.07 bits per heavy atom. The van der Waals surface area contributed by atoms with Gasteiger partial charge in [-0.15, -0.1) is 0 Å². The molecular formula is C29H36N6O4Si. The molecule has 1 fully saturated rings. The molecule has 0 radical (unpaired) electrons. The van der Waals surface area contributed by atoms with E-state index in [1.165, 1.54) is 23.0 Å². The van der Waals surface area contributed by atoms with Crippen molar-refractivity contribution in [3.63, 3.8) is 0 Å². The lowest BCUT2D eigenvalue weighted by molar-refractivity contribution is -0.236. The number of hydroxylamine groups is 2. The van der Waals surface area contributed by atoms with Crippen molar-refractivity contribution < 1.29 is 18.8 Å². The van der Waals surface area contributed by atoms with Crippen LogP contribution in [0.5, 0.6) is 0 Å². The van der Waals surface area contributed by atoms with Crippen LogP contribution in [0, 0.1) is 0 Å². The summed E-state index contributed by atoms with van der Waals surface area (Å²) >= 11 is 0. The van der Waals surface area contributed by atoms with Gasteiger partial charge in [0.25, 0.3) is 14.0 Å². The summed E-state index contributed by atoms with van der Waals surface area (Å²) in [6, 6.07) is 20.6. The number of benzene rings is 2. The third-order valence-corrected chi connectivity index (χ3v) is 12.6. The quantitative estimate of drug-likeness (QED) is 0.256. The topological polar surface area (TPSA) is 118 Å². The minimum Gasteiger partial charge on any atom is -0.462 e. The normalized spacial score (nSPS) is 20.2. The van der Waals surface area contributed by atoms with Gasteiger partial charge in [-0.1, -0.05) is 81.4 Å². The highest BCUT2D eigenvalue weighted by molar-refractivity contribution is 6.99. The van der Waals surface area contributed by atoms with Crippen LogP contribution in [-0.4, -0.2) is 65.2 Å². The third kappa shape index (κ3) is 4.58. The summed E-state index contributed by atoms with van der Waals surface area (Å²) < 4.78 is 14.3. The van der Waals surface area contributed by atoms with E-state index in [-0.39, 0.29) is 29.9 Å². The highest BCUT2D eigenvalue weighted by atomic mass is 28.4. The van der Waals surface area contributed by atoms with Crippen molar-refractivity contribution in [2.75, 3.05) is 26.0 Å². The Labute approximate surface area is 235 Å². The fourth-order valence-corrected chi connectivity index (χ4v) is 10.3. The Balaban J connectivity index is 1.55. The number of imidazole rings is 1. The molecule has 2 aromatic heterocycles. The zero-order valence-electron chi connectivity index (χ0n) is 23.6. The number of aromatic nitrogens is 4.